The van der Waals surface area contributed by atoms with E-state index in [9.17, 15) is 18.0 Å². The second-order valence-electron chi connectivity index (χ2n) is 6.13. The Hall–Kier alpha value is -1.52. The topological polar surface area (TPSA) is 29.1 Å². The molecule has 1 atom stereocenters. The lowest BCUT2D eigenvalue weighted by Gasteiger charge is -2.28. The minimum absolute atomic E-state index is 0.0579. The number of rotatable bonds is 2. The van der Waals surface area contributed by atoms with Crippen molar-refractivity contribution in [1.82, 2.24) is 5.32 Å². The first-order valence-electron chi connectivity index (χ1n) is 6.43. The molecule has 0 aliphatic carbocycles. The third-order valence-electron chi connectivity index (χ3n) is 3.73. The van der Waals surface area contributed by atoms with Crippen LogP contribution in [0.2, 0.25) is 0 Å². The van der Waals surface area contributed by atoms with Gasteiger partial charge in [0.15, 0.2) is 11.6 Å². The fourth-order valence-electron chi connectivity index (χ4n) is 1.57. The number of hydrogen-bond acceptors (Lipinski definition) is 1. The Bertz CT molecular complexity index is 518. The molecule has 0 saturated carbocycles. The molecule has 0 aliphatic heterocycles. The van der Waals surface area contributed by atoms with Crippen LogP contribution in [0, 0.1) is 36.7 Å². The monoisotopic (exact) mass is 287 g/mol. The molecule has 2 nitrogen and oxygen atoms in total. The molecule has 0 radical (unpaired) electrons. The predicted molar refractivity (Wildman–Crippen MR) is 72.2 cm³/mol. The first kappa shape index (κ1) is 16.5. The van der Waals surface area contributed by atoms with E-state index in [0.29, 0.717) is 0 Å². The molecule has 0 unspecified atom stereocenters. The largest absolute Gasteiger partial charge is 0.349 e. The summed E-state index contributed by atoms with van der Waals surface area (Å²) < 4.78 is 41.5. The van der Waals surface area contributed by atoms with Crippen LogP contribution in [0.15, 0.2) is 0 Å². The van der Waals surface area contributed by atoms with Crippen molar-refractivity contribution < 1.29 is 18.0 Å². The van der Waals surface area contributed by atoms with Crippen LogP contribution < -0.4 is 5.32 Å². The normalized spacial score (nSPS) is 13.2. The van der Waals surface area contributed by atoms with E-state index in [0.717, 1.165) is 0 Å². The van der Waals surface area contributed by atoms with Crippen molar-refractivity contribution in [3.8, 4) is 0 Å². The molecule has 20 heavy (non-hydrogen) atoms. The highest BCUT2D eigenvalue weighted by molar-refractivity contribution is 5.95. The summed E-state index contributed by atoms with van der Waals surface area (Å²) in [7, 11) is 0. The van der Waals surface area contributed by atoms with Gasteiger partial charge in [0, 0.05) is 6.04 Å². The molecule has 1 N–H and O–H groups in total. The molecule has 1 aromatic rings. The Balaban J connectivity index is 3.25. The van der Waals surface area contributed by atoms with E-state index in [2.05, 4.69) is 5.32 Å². The van der Waals surface area contributed by atoms with E-state index in [1.165, 1.54) is 13.8 Å². The van der Waals surface area contributed by atoms with Gasteiger partial charge in [-0.1, -0.05) is 20.8 Å². The number of carbonyl (C=O) groups is 1. The molecule has 5 heteroatoms. The van der Waals surface area contributed by atoms with Crippen LogP contribution in [0.25, 0.3) is 0 Å². The van der Waals surface area contributed by atoms with E-state index in [4.69, 9.17) is 0 Å². The third-order valence-corrected chi connectivity index (χ3v) is 3.73. The van der Waals surface area contributed by atoms with Crippen LogP contribution in [-0.2, 0) is 0 Å². The van der Waals surface area contributed by atoms with Crippen LogP contribution in [0.3, 0.4) is 0 Å². The molecule has 0 saturated heterocycles. The summed E-state index contributed by atoms with van der Waals surface area (Å²) in [5, 5.41) is 2.51. The van der Waals surface area contributed by atoms with Crippen molar-refractivity contribution in [2.24, 2.45) is 5.41 Å². The second-order valence-corrected chi connectivity index (χ2v) is 6.13. The Morgan fingerprint density at radius 2 is 1.45 bits per heavy atom. The first-order chi connectivity index (χ1) is 8.98. The highest BCUT2D eigenvalue weighted by Gasteiger charge is 2.28. The molecular weight excluding hydrogens is 267 g/mol. The van der Waals surface area contributed by atoms with Gasteiger partial charge in [-0.25, -0.2) is 13.2 Å². The van der Waals surface area contributed by atoms with Crippen molar-refractivity contribution in [3.63, 3.8) is 0 Å². The standard InChI is InChI=1S/C15H20F3NO/c1-7-8(2)12(17)13(18)10(11(7)16)14(20)19-9(3)15(4,5)6/h9H,1-6H3,(H,19,20)/t9-/m1/s1. The lowest BCUT2D eigenvalue weighted by Crippen LogP contribution is -2.42. The Labute approximate surface area is 117 Å². The van der Waals surface area contributed by atoms with Crippen molar-refractivity contribution in [1.29, 1.82) is 0 Å². The van der Waals surface area contributed by atoms with Gasteiger partial charge >= 0.3 is 0 Å². The van der Waals surface area contributed by atoms with Crippen LogP contribution in [-0.4, -0.2) is 11.9 Å². The average molecular weight is 287 g/mol. The lowest BCUT2D eigenvalue weighted by molar-refractivity contribution is 0.0900. The number of hydrogen-bond donors (Lipinski definition) is 1. The van der Waals surface area contributed by atoms with Gasteiger partial charge in [-0.2, -0.15) is 0 Å². The summed E-state index contributed by atoms with van der Waals surface area (Å²) in [5.41, 5.74) is -1.32. The summed E-state index contributed by atoms with van der Waals surface area (Å²) in [5.74, 6) is -4.58. The molecular formula is C15H20F3NO. The van der Waals surface area contributed by atoms with Gasteiger partial charge in [0.1, 0.15) is 11.4 Å². The summed E-state index contributed by atoms with van der Waals surface area (Å²) in [4.78, 5) is 12.0. The molecule has 1 amide bonds. The number of halogens is 3. The van der Waals surface area contributed by atoms with Gasteiger partial charge in [0.05, 0.1) is 0 Å². The molecule has 0 aliphatic rings. The summed E-state index contributed by atoms with van der Waals surface area (Å²) >= 11 is 0. The average Bonchev–Trinajstić information content (AvgIpc) is 2.33. The zero-order valence-electron chi connectivity index (χ0n) is 12.6. The number of nitrogens with one attached hydrogen (secondary N) is 1. The second kappa shape index (κ2) is 5.46. The van der Waals surface area contributed by atoms with Crippen molar-refractivity contribution >= 4 is 5.91 Å². The number of carbonyl (C=O) groups excluding carboxylic acids is 1. The van der Waals surface area contributed by atoms with E-state index in [1.807, 2.05) is 20.8 Å². The quantitative estimate of drug-likeness (QED) is 0.822. The Morgan fingerprint density at radius 3 is 1.90 bits per heavy atom. The molecule has 1 aromatic carbocycles. The summed E-state index contributed by atoms with van der Waals surface area (Å²) in [6.45, 7) is 9.96. The minimum atomic E-state index is -1.44. The smallest absolute Gasteiger partial charge is 0.257 e. The molecule has 0 fully saturated rings. The fourth-order valence-corrected chi connectivity index (χ4v) is 1.57. The van der Waals surface area contributed by atoms with E-state index in [1.54, 1.807) is 6.92 Å². The fraction of sp³-hybridized carbons (Fsp3) is 0.533. The predicted octanol–water partition coefficient (Wildman–Crippen LogP) is 3.89. The third kappa shape index (κ3) is 2.97. The zero-order chi connectivity index (χ0) is 15.8. The summed E-state index contributed by atoms with van der Waals surface area (Å²) in [6, 6.07) is -0.321. The lowest BCUT2D eigenvalue weighted by atomic mass is 9.88. The molecule has 0 bridgehead atoms. The maximum absolute atomic E-state index is 14.0. The van der Waals surface area contributed by atoms with E-state index >= 15 is 0 Å². The molecule has 112 valence electrons. The zero-order valence-corrected chi connectivity index (χ0v) is 12.6. The molecule has 0 spiro atoms. The number of benzene rings is 1. The SMILES string of the molecule is Cc1c(C)c(F)c(C(=O)N[C@H](C)C(C)(C)C)c(F)c1F. The van der Waals surface area contributed by atoms with Crippen molar-refractivity contribution in [3.05, 3.63) is 34.1 Å². The van der Waals surface area contributed by atoms with Crippen LogP contribution >= 0.6 is 0 Å². The minimum Gasteiger partial charge on any atom is -0.349 e. The molecule has 0 aromatic heterocycles. The van der Waals surface area contributed by atoms with Gasteiger partial charge < -0.3 is 5.32 Å². The van der Waals surface area contributed by atoms with Gasteiger partial charge in [0.25, 0.3) is 5.91 Å². The highest BCUT2D eigenvalue weighted by Crippen LogP contribution is 2.25. The van der Waals surface area contributed by atoms with Gasteiger partial charge in [-0.3, -0.25) is 4.79 Å². The maximum Gasteiger partial charge on any atom is 0.257 e. The van der Waals surface area contributed by atoms with Crippen molar-refractivity contribution in [2.75, 3.05) is 0 Å². The van der Waals surface area contributed by atoms with Crippen LogP contribution in [0.1, 0.15) is 49.2 Å². The first-order valence-corrected chi connectivity index (χ1v) is 6.43. The van der Waals surface area contributed by atoms with Crippen molar-refractivity contribution in [2.45, 2.75) is 47.6 Å². The molecule has 1 rings (SSSR count). The summed E-state index contributed by atoms with van der Waals surface area (Å²) in [6.07, 6.45) is 0. The number of amides is 1. The maximum atomic E-state index is 14.0. The Kier molecular flexibility index (Phi) is 4.52. The van der Waals surface area contributed by atoms with Gasteiger partial charge in [-0.05, 0) is 37.3 Å². The van der Waals surface area contributed by atoms with Gasteiger partial charge in [0.2, 0.25) is 0 Å². The van der Waals surface area contributed by atoms with Crippen LogP contribution in [0.4, 0.5) is 13.2 Å². The van der Waals surface area contributed by atoms with Gasteiger partial charge in [-0.15, -0.1) is 0 Å². The van der Waals surface area contributed by atoms with E-state index < -0.39 is 28.9 Å². The Morgan fingerprint density at radius 1 is 1.00 bits per heavy atom. The highest BCUT2D eigenvalue weighted by atomic mass is 19.2. The molecule has 0 heterocycles. The van der Waals surface area contributed by atoms with E-state index in [-0.39, 0.29) is 22.6 Å². The van der Waals surface area contributed by atoms with Crippen LogP contribution in [0.5, 0.6) is 0 Å².